The molecular weight excluding hydrogens is 242 g/mol. The zero-order chi connectivity index (χ0) is 12.5. The van der Waals surface area contributed by atoms with Gasteiger partial charge in [0.25, 0.3) is 0 Å². The SMILES string of the molecule is O=C(O)C1CCCC1CN1CCS(=O)(=O)CC1. The lowest BCUT2D eigenvalue weighted by Crippen LogP contribution is -2.43. The van der Waals surface area contributed by atoms with Crippen molar-refractivity contribution in [2.24, 2.45) is 11.8 Å². The fourth-order valence-corrected chi connectivity index (χ4v) is 4.12. The Labute approximate surface area is 102 Å². The van der Waals surface area contributed by atoms with E-state index < -0.39 is 15.8 Å². The van der Waals surface area contributed by atoms with Gasteiger partial charge in [-0.05, 0) is 18.8 Å². The van der Waals surface area contributed by atoms with E-state index >= 15 is 0 Å². The van der Waals surface area contributed by atoms with Gasteiger partial charge in [0.05, 0.1) is 17.4 Å². The highest BCUT2D eigenvalue weighted by molar-refractivity contribution is 7.91. The number of aliphatic carboxylic acids is 1. The van der Waals surface area contributed by atoms with Crippen LogP contribution in [0.4, 0.5) is 0 Å². The van der Waals surface area contributed by atoms with Gasteiger partial charge in [0.1, 0.15) is 0 Å². The Hall–Kier alpha value is -0.620. The van der Waals surface area contributed by atoms with Crippen LogP contribution in [0.25, 0.3) is 0 Å². The van der Waals surface area contributed by atoms with E-state index in [2.05, 4.69) is 4.90 Å². The molecule has 0 aromatic carbocycles. The highest BCUT2D eigenvalue weighted by Gasteiger charge is 2.34. The maximum atomic E-state index is 11.3. The summed E-state index contributed by atoms with van der Waals surface area (Å²) in [6.45, 7) is 1.86. The van der Waals surface area contributed by atoms with Crippen LogP contribution in [0.15, 0.2) is 0 Å². The third kappa shape index (κ3) is 3.19. The molecule has 1 aliphatic heterocycles. The molecule has 98 valence electrons. The molecule has 2 fully saturated rings. The maximum absolute atomic E-state index is 11.3. The number of carboxylic acid groups (broad SMARTS) is 1. The molecule has 1 saturated carbocycles. The van der Waals surface area contributed by atoms with Gasteiger partial charge < -0.3 is 10.0 Å². The van der Waals surface area contributed by atoms with E-state index in [9.17, 15) is 13.2 Å². The molecule has 6 heteroatoms. The van der Waals surface area contributed by atoms with Crippen LogP contribution in [0.1, 0.15) is 19.3 Å². The topological polar surface area (TPSA) is 74.7 Å². The highest BCUT2D eigenvalue weighted by Crippen LogP contribution is 2.32. The Balaban J connectivity index is 1.87. The number of hydrogen-bond acceptors (Lipinski definition) is 4. The summed E-state index contributed by atoms with van der Waals surface area (Å²) in [5, 5.41) is 9.08. The standard InChI is InChI=1S/C11H19NO4S/c13-11(14)10-3-1-2-9(10)8-12-4-6-17(15,16)7-5-12/h9-10H,1-8H2,(H,13,14). The first kappa shape index (κ1) is 12.8. The second-order valence-electron chi connectivity index (χ2n) is 5.09. The molecular formula is C11H19NO4S. The van der Waals surface area contributed by atoms with Gasteiger partial charge in [-0.15, -0.1) is 0 Å². The van der Waals surface area contributed by atoms with Crippen LogP contribution in [0.3, 0.4) is 0 Å². The summed E-state index contributed by atoms with van der Waals surface area (Å²) in [5.74, 6) is -0.284. The third-order valence-corrected chi connectivity index (χ3v) is 5.52. The molecule has 0 radical (unpaired) electrons. The van der Waals surface area contributed by atoms with Gasteiger partial charge in [0.15, 0.2) is 9.84 Å². The van der Waals surface area contributed by atoms with Crippen LogP contribution in [0, 0.1) is 11.8 Å². The average molecular weight is 261 g/mol. The van der Waals surface area contributed by atoms with Crippen molar-refractivity contribution in [3.8, 4) is 0 Å². The number of sulfone groups is 1. The van der Waals surface area contributed by atoms with Crippen molar-refractivity contribution >= 4 is 15.8 Å². The number of rotatable bonds is 3. The Bertz CT molecular complexity index is 378. The molecule has 0 spiro atoms. The summed E-state index contributed by atoms with van der Waals surface area (Å²) in [4.78, 5) is 13.1. The van der Waals surface area contributed by atoms with Crippen LogP contribution in [0.2, 0.25) is 0 Å². The molecule has 0 aromatic rings. The van der Waals surface area contributed by atoms with Crippen molar-refractivity contribution in [1.82, 2.24) is 4.90 Å². The summed E-state index contributed by atoms with van der Waals surface area (Å²) >= 11 is 0. The molecule has 2 aliphatic rings. The molecule has 1 N–H and O–H groups in total. The molecule has 0 aromatic heterocycles. The van der Waals surface area contributed by atoms with E-state index in [0.29, 0.717) is 13.1 Å². The fraction of sp³-hybridized carbons (Fsp3) is 0.909. The Kier molecular flexibility index (Phi) is 3.73. The van der Waals surface area contributed by atoms with E-state index in [1.807, 2.05) is 0 Å². The quantitative estimate of drug-likeness (QED) is 0.786. The van der Waals surface area contributed by atoms with Crippen LogP contribution < -0.4 is 0 Å². The zero-order valence-electron chi connectivity index (χ0n) is 9.84. The largest absolute Gasteiger partial charge is 0.481 e. The first-order valence-electron chi connectivity index (χ1n) is 6.13. The van der Waals surface area contributed by atoms with Gasteiger partial charge >= 0.3 is 5.97 Å². The van der Waals surface area contributed by atoms with Crippen LogP contribution >= 0.6 is 0 Å². The summed E-state index contributed by atoms with van der Waals surface area (Å²) in [5.41, 5.74) is 0. The fourth-order valence-electron chi connectivity index (χ4n) is 2.84. The molecule has 0 bridgehead atoms. The second-order valence-corrected chi connectivity index (χ2v) is 7.39. The number of carboxylic acids is 1. The Morgan fingerprint density at radius 2 is 1.88 bits per heavy atom. The summed E-state index contributed by atoms with van der Waals surface area (Å²) in [6, 6.07) is 0. The predicted octanol–water partition coefficient (Wildman–Crippen LogP) is 0.218. The van der Waals surface area contributed by atoms with Crippen molar-refractivity contribution < 1.29 is 18.3 Å². The number of nitrogens with zero attached hydrogens (tertiary/aromatic N) is 1. The van der Waals surface area contributed by atoms with Gasteiger partial charge in [-0.2, -0.15) is 0 Å². The first-order valence-corrected chi connectivity index (χ1v) is 7.96. The molecule has 17 heavy (non-hydrogen) atoms. The molecule has 0 amide bonds. The van der Waals surface area contributed by atoms with E-state index in [-0.39, 0.29) is 23.3 Å². The molecule has 1 heterocycles. The van der Waals surface area contributed by atoms with Gasteiger partial charge in [-0.25, -0.2) is 8.42 Å². The van der Waals surface area contributed by atoms with E-state index in [4.69, 9.17) is 5.11 Å². The zero-order valence-corrected chi connectivity index (χ0v) is 10.7. The lowest BCUT2D eigenvalue weighted by molar-refractivity contribution is -0.143. The third-order valence-electron chi connectivity index (χ3n) is 3.91. The van der Waals surface area contributed by atoms with E-state index in [1.54, 1.807) is 0 Å². The minimum absolute atomic E-state index is 0.202. The van der Waals surface area contributed by atoms with Crippen LogP contribution in [-0.4, -0.2) is 55.5 Å². The molecule has 2 atom stereocenters. The minimum atomic E-state index is -2.84. The molecule has 5 nitrogen and oxygen atoms in total. The van der Waals surface area contributed by atoms with Crippen LogP contribution in [-0.2, 0) is 14.6 Å². The smallest absolute Gasteiger partial charge is 0.306 e. The predicted molar refractivity (Wildman–Crippen MR) is 63.6 cm³/mol. The van der Waals surface area contributed by atoms with Crippen molar-refractivity contribution in [3.63, 3.8) is 0 Å². The van der Waals surface area contributed by atoms with Crippen molar-refractivity contribution in [1.29, 1.82) is 0 Å². The second kappa shape index (κ2) is 4.94. The summed E-state index contributed by atoms with van der Waals surface area (Å²) < 4.78 is 22.6. The van der Waals surface area contributed by atoms with E-state index in [0.717, 1.165) is 25.8 Å². The van der Waals surface area contributed by atoms with Crippen LogP contribution in [0.5, 0.6) is 0 Å². The number of hydrogen-bond donors (Lipinski definition) is 1. The molecule has 2 unspecified atom stereocenters. The van der Waals surface area contributed by atoms with Gasteiger partial charge in [0.2, 0.25) is 0 Å². The summed E-state index contributed by atoms with van der Waals surface area (Å²) in [7, 11) is -2.84. The van der Waals surface area contributed by atoms with Gasteiger partial charge in [-0.1, -0.05) is 6.42 Å². The van der Waals surface area contributed by atoms with Crippen molar-refractivity contribution in [2.45, 2.75) is 19.3 Å². The van der Waals surface area contributed by atoms with Crippen molar-refractivity contribution in [2.75, 3.05) is 31.1 Å². The maximum Gasteiger partial charge on any atom is 0.306 e. The normalized spacial score (nSPS) is 33.6. The van der Waals surface area contributed by atoms with Crippen molar-refractivity contribution in [3.05, 3.63) is 0 Å². The Morgan fingerprint density at radius 1 is 1.24 bits per heavy atom. The lowest BCUT2D eigenvalue weighted by atomic mass is 9.95. The monoisotopic (exact) mass is 261 g/mol. The van der Waals surface area contributed by atoms with Gasteiger partial charge in [0, 0.05) is 19.6 Å². The average Bonchev–Trinajstić information content (AvgIpc) is 2.69. The first-order chi connectivity index (χ1) is 7.98. The number of carbonyl (C=O) groups is 1. The molecule has 2 rings (SSSR count). The highest BCUT2D eigenvalue weighted by atomic mass is 32.2. The van der Waals surface area contributed by atoms with E-state index in [1.165, 1.54) is 0 Å². The minimum Gasteiger partial charge on any atom is -0.481 e. The lowest BCUT2D eigenvalue weighted by Gasteiger charge is -2.30. The Morgan fingerprint density at radius 3 is 2.47 bits per heavy atom. The molecule has 1 aliphatic carbocycles. The van der Waals surface area contributed by atoms with Gasteiger partial charge in [-0.3, -0.25) is 4.79 Å². The molecule has 1 saturated heterocycles. The summed E-state index contributed by atoms with van der Waals surface area (Å²) in [6.07, 6.45) is 2.71.